The molecule has 0 saturated heterocycles. The summed E-state index contributed by atoms with van der Waals surface area (Å²) in [5.41, 5.74) is 1.70. The topological polar surface area (TPSA) is 71.1 Å². The minimum absolute atomic E-state index is 0.162. The molecule has 1 aliphatic rings. The third-order valence-corrected chi connectivity index (χ3v) is 3.80. The van der Waals surface area contributed by atoms with E-state index >= 15 is 0 Å². The summed E-state index contributed by atoms with van der Waals surface area (Å²) in [6.45, 7) is -0.0623. The normalized spacial score (nSPS) is 15.5. The van der Waals surface area contributed by atoms with Crippen molar-refractivity contribution in [2.24, 2.45) is 0 Å². The lowest BCUT2D eigenvalue weighted by Gasteiger charge is -2.28. The van der Waals surface area contributed by atoms with Crippen molar-refractivity contribution in [3.8, 4) is 5.75 Å². The molecule has 3 rings (SSSR count). The number of ether oxygens (including phenoxy) is 4. The number of halogens is 1. The number of hydrogen-bond donors (Lipinski definition) is 0. The van der Waals surface area contributed by atoms with Crippen LogP contribution in [0.1, 0.15) is 29.4 Å². The summed E-state index contributed by atoms with van der Waals surface area (Å²) < 4.78 is 34.8. The maximum atomic E-state index is 13.8. The molecule has 136 valence electrons. The number of hydrogen-bond acceptors (Lipinski definition) is 6. The van der Waals surface area contributed by atoms with Crippen molar-refractivity contribution in [3.05, 3.63) is 65.0 Å². The molecular formula is C19H17FO6. The van der Waals surface area contributed by atoms with E-state index in [0.717, 1.165) is 5.56 Å². The van der Waals surface area contributed by atoms with Gasteiger partial charge in [-0.25, -0.2) is 4.39 Å². The summed E-state index contributed by atoms with van der Waals surface area (Å²) in [6.07, 6.45) is -1.15. The van der Waals surface area contributed by atoms with E-state index in [1.165, 1.54) is 19.2 Å². The van der Waals surface area contributed by atoms with Gasteiger partial charge in [-0.15, -0.1) is 0 Å². The van der Waals surface area contributed by atoms with Gasteiger partial charge in [0.05, 0.1) is 13.7 Å². The van der Waals surface area contributed by atoms with Crippen LogP contribution in [-0.4, -0.2) is 19.0 Å². The minimum Gasteiger partial charge on any atom is -0.469 e. The Morgan fingerprint density at radius 1 is 1.19 bits per heavy atom. The SMILES string of the molecule is COC(=O)CC(=O)OCc1cc(F)cc2c1O[C@@H](c1ccccc1)OC2. The zero-order valence-electron chi connectivity index (χ0n) is 14.1. The average Bonchev–Trinajstić information content (AvgIpc) is 2.66. The highest BCUT2D eigenvalue weighted by molar-refractivity contribution is 5.91. The molecule has 0 radical (unpaired) electrons. The molecule has 7 heteroatoms. The van der Waals surface area contributed by atoms with E-state index in [2.05, 4.69) is 4.74 Å². The lowest BCUT2D eigenvalue weighted by atomic mass is 10.1. The highest BCUT2D eigenvalue weighted by Crippen LogP contribution is 2.36. The van der Waals surface area contributed by atoms with Gasteiger partial charge in [-0.3, -0.25) is 9.59 Å². The molecule has 0 amide bonds. The first-order valence-electron chi connectivity index (χ1n) is 7.93. The van der Waals surface area contributed by atoms with Crippen LogP contribution in [0, 0.1) is 5.82 Å². The van der Waals surface area contributed by atoms with Gasteiger partial charge in [0.2, 0.25) is 6.29 Å². The lowest BCUT2D eigenvalue weighted by Crippen LogP contribution is -2.20. The number of rotatable bonds is 5. The molecule has 0 spiro atoms. The fourth-order valence-corrected chi connectivity index (χ4v) is 2.56. The first kappa shape index (κ1) is 17.9. The molecule has 6 nitrogen and oxygen atoms in total. The summed E-state index contributed by atoms with van der Waals surface area (Å²) in [5, 5.41) is 0. The van der Waals surface area contributed by atoms with Gasteiger partial charge < -0.3 is 18.9 Å². The van der Waals surface area contributed by atoms with Crippen molar-refractivity contribution in [1.29, 1.82) is 0 Å². The third-order valence-electron chi connectivity index (χ3n) is 3.80. The maximum Gasteiger partial charge on any atom is 0.317 e. The minimum atomic E-state index is -0.762. The van der Waals surface area contributed by atoms with Crippen molar-refractivity contribution in [3.63, 3.8) is 0 Å². The van der Waals surface area contributed by atoms with Crippen molar-refractivity contribution in [2.75, 3.05) is 7.11 Å². The Bertz CT molecular complexity index is 805. The standard InChI is InChI=1S/C19H17FO6/c1-23-16(21)9-17(22)24-10-13-7-15(20)8-14-11-25-19(26-18(13)14)12-5-3-2-4-6-12/h2-8,19H,9-11H2,1H3/t19-/m0/s1. The van der Waals surface area contributed by atoms with Gasteiger partial charge in [0.25, 0.3) is 0 Å². The van der Waals surface area contributed by atoms with E-state index < -0.39 is 30.5 Å². The zero-order chi connectivity index (χ0) is 18.5. The van der Waals surface area contributed by atoms with Gasteiger partial charge in [-0.05, 0) is 12.1 Å². The molecule has 1 aliphatic heterocycles. The van der Waals surface area contributed by atoms with Gasteiger partial charge in [-0.2, -0.15) is 0 Å². The Labute approximate surface area is 149 Å². The summed E-state index contributed by atoms with van der Waals surface area (Å²) in [6, 6.07) is 11.9. The summed E-state index contributed by atoms with van der Waals surface area (Å²) >= 11 is 0. The second-order valence-electron chi connectivity index (χ2n) is 5.64. The second kappa shape index (κ2) is 7.97. The number of fused-ring (bicyclic) bond motifs is 1. The number of esters is 2. The molecule has 0 aliphatic carbocycles. The zero-order valence-corrected chi connectivity index (χ0v) is 14.1. The van der Waals surface area contributed by atoms with Crippen LogP contribution >= 0.6 is 0 Å². The van der Waals surface area contributed by atoms with E-state index in [9.17, 15) is 14.0 Å². The number of carbonyl (C=O) groups excluding carboxylic acids is 2. The van der Waals surface area contributed by atoms with E-state index in [1.54, 1.807) is 0 Å². The van der Waals surface area contributed by atoms with Crippen LogP contribution in [0.4, 0.5) is 4.39 Å². The summed E-state index contributed by atoms with van der Waals surface area (Å²) in [4.78, 5) is 22.7. The van der Waals surface area contributed by atoms with Crippen molar-refractivity contribution < 1.29 is 32.9 Å². The molecular weight excluding hydrogens is 343 g/mol. The number of methoxy groups -OCH3 is 1. The second-order valence-corrected chi connectivity index (χ2v) is 5.64. The highest BCUT2D eigenvalue weighted by Gasteiger charge is 2.25. The van der Waals surface area contributed by atoms with E-state index in [1.807, 2.05) is 30.3 Å². The molecule has 1 atom stereocenters. The summed E-state index contributed by atoms with van der Waals surface area (Å²) in [7, 11) is 1.18. The maximum absolute atomic E-state index is 13.8. The average molecular weight is 360 g/mol. The molecule has 0 saturated carbocycles. The molecule has 0 fully saturated rings. The monoisotopic (exact) mass is 360 g/mol. The molecule has 0 aromatic heterocycles. The molecule has 0 N–H and O–H groups in total. The van der Waals surface area contributed by atoms with Crippen LogP contribution in [0.15, 0.2) is 42.5 Å². The number of benzene rings is 2. The van der Waals surface area contributed by atoms with Gasteiger partial charge in [0.15, 0.2) is 0 Å². The quantitative estimate of drug-likeness (QED) is 0.603. The molecule has 0 unspecified atom stereocenters. The Balaban J connectivity index is 1.76. The predicted molar refractivity (Wildman–Crippen MR) is 87.4 cm³/mol. The van der Waals surface area contributed by atoms with Gasteiger partial charge in [0.1, 0.15) is 24.6 Å². The van der Waals surface area contributed by atoms with E-state index in [0.29, 0.717) is 16.9 Å². The predicted octanol–water partition coefficient (Wildman–Crippen LogP) is 3.04. The smallest absolute Gasteiger partial charge is 0.317 e. The van der Waals surface area contributed by atoms with E-state index in [-0.39, 0.29) is 13.2 Å². The van der Waals surface area contributed by atoms with Crippen LogP contribution in [0.5, 0.6) is 5.75 Å². The van der Waals surface area contributed by atoms with Crippen LogP contribution < -0.4 is 4.74 Å². The summed E-state index contributed by atoms with van der Waals surface area (Å²) in [5.74, 6) is -1.54. The van der Waals surface area contributed by atoms with Crippen LogP contribution in [0.3, 0.4) is 0 Å². The third kappa shape index (κ3) is 4.18. The van der Waals surface area contributed by atoms with Crippen LogP contribution in [0.25, 0.3) is 0 Å². The first-order valence-corrected chi connectivity index (χ1v) is 7.93. The highest BCUT2D eigenvalue weighted by atomic mass is 19.1. The Hall–Kier alpha value is -2.93. The fourth-order valence-electron chi connectivity index (χ4n) is 2.56. The molecule has 0 bridgehead atoms. The molecule has 1 heterocycles. The van der Waals surface area contributed by atoms with E-state index in [4.69, 9.17) is 14.2 Å². The fraction of sp³-hybridized carbons (Fsp3) is 0.263. The van der Waals surface area contributed by atoms with Gasteiger partial charge >= 0.3 is 11.9 Å². The molecule has 26 heavy (non-hydrogen) atoms. The first-order chi connectivity index (χ1) is 12.6. The Morgan fingerprint density at radius 3 is 2.69 bits per heavy atom. The van der Waals surface area contributed by atoms with Crippen LogP contribution in [-0.2, 0) is 37.0 Å². The molecule has 2 aromatic rings. The van der Waals surface area contributed by atoms with Crippen molar-refractivity contribution >= 4 is 11.9 Å². The van der Waals surface area contributed by atoms with Gasteiger partial charge in [0, 0.05) is 16.7 Å². The van der Waals surface area contributed by atoms with Crippen molar-refractivity contribution in [1.82, 2.24) is 0 Å². The lowest BCUT2D eigenvalue weighted by molar-refractivity contribution is -0.153. The van der Waals surface area contributed by atoms with Crippen molar-refractivity contribution in [2.45, 2.75) is 25.9 Å². The van der Waals surface area contributed by atoms with Gasteiger partial charge in [-0.1, -0.05) is 30.3 Å². The molecule has 2 aromatic carbocycles. The number of carbonyl (C=O) groups is 2. The largest absolute Gasteiger partial charge is 0.469 e. The Kier molecular flexibility index (Phi) is 5.48. The van der Waals surface area contributed by atoms with Crippen LogP contribution in [0.2, 0.25) is 0 Å². The Morgan fingerprint density at radius 2 is 1.96 bits per heavy atom.